The van der Waals surface area contributed by atoms with Crippen molar-refractivity contribution in [2.45, 2.75) is 74.9 Å². The van der Waals surface area contributed by atoms with E-state index < -0.39 is 23.7 Å². The summed E-state index contributed by atoms with van der Waals surface area (Å²) in [6, 6.07) is 4.41. The van der Waals surface area contributed by atoms with Crippen LogP contribution in [-0.4, -0.2) is 49.7 Å². The quantitative estimate of drug-likeness (QED) is 0.582. The minimum atomic E-state index is -1.03. The molecular formula is C25H26FN5O4. The molecule has 2 bridgehead atoms. The number of halogens is 1. The maximum atomic E-state index is 13.5. The van der Waals surface area contributed by atoms with Crippen LogP contribution in [0.4, 0.5) is 10.1 Å². The SMILES string of the molecule is CC12CC(n3cc4cc(C(=O)Nc5cccn([C@@H]6C[C@@H]6F)c5=O)c(OC5CCC5)nc4n3)(CO1)C2. The Morgan fingerprint density at radius 3 is 2.80 bits per heavy atom. The molecule has 0 aromatic carbocycles. The zero-order valence-electron chi connectivity index (χ0n) is 19.4. The molecule has 0 unspecified atom stereocenters. The number of alkyl halides is 1. The molecule has 3 aromatic heterocycles. The van der Waals surface area contributed by atoms with Crippen LogP contribution in [0, 0.1) is 0 Å². The summed E-state index contributed by atoms with van der Waals surface area (Å²) in [6.07, 6.45) is 7.43. The highest BCUT2D eigenvalue weighted by Gasteiger charge is 2.61. The van der Waals surface area contributed by atoms with Gasteiger partial charge in [-0.25, -0.2) is 4.39 Å². The number of anilines is 1. The maximum absolute atomic E-state index is 13.5. The van der Waals surface area contributed by atoms with Gasteiger partial charge in [-0.2, -0.15) is 10.1 Å². The number of pyridine rings is 2. The minimum Gasteiger partial charge on any atom is -0.474 e. The standard InChI is InChI=1S/C25H26FN5O4/c1-24-11-25(12-24,13-34-24)31-10-14-8-16(22(28-20(14)29-31)35-15-4-2-5-15)21(32)27-18-6-3-7-30(23(18)33)19-9-17(19)26/h3,6-8,10,15,17,19H,2,4-5,9,11-13H2,1H3,(H,27,32)/t17-,19+,24?,25?/m0/s1. The first-order chi connectivity index (χ1) is 16.8. The number of nitrogens with zero attached hydrogens (tertiary/aromatic N) is 4. The smallest absolute Gasteiger partial charge is 0.274 e. The number of aromatic nitrogens is 4. The van der Waals surface area contributed by atoms with Crippen LogP contribution in [-0.2, 0) is 10.3 Å². The van der Waals surface area contributed by atoms with E-state index in [0.717, 1.165) is 37.5 Å². The monoisotopic (exact) mass is 479 g/mol. The third kappa shape index (κ3) is 3.30. The summed E-state index contributed by atoms with van der Waals surface area (Å²) in [5, 5.41) is 8.13. The van der Waals surface area contributed by atoms with Crippen molar-refractivity contribution in [3.63, 3.8) is 0 Å². The van der Waals surface area contributed by atoms with Crippen molar-refractivity contribution in [2.24, 2.45) is 0 Å². The van der Waals surface area contributed by atoms with Crippen molar-refractivity contribution in [1.82, 2.24) is 19.3 Å². The van der Waals surface area contributed by atoms with Gasteiger partial charge in [0.2, 0.25) is 5.88 Å². The molecule has 0 spiro atoms. The first-order valence-electron chi connectivity index (χ1n) is 12.2. The number of ether oxygens (including phenoxy) is 2. The fourth-order valence-electron chi connectivity index (χ4n) is 5.66. The Labute approximate surface area is 200 Å². The highest BCUT2D eigenvalue weighted by molar-refractivity contribution is 6.07. The third-order valence-corrected chi connectivity index (χ3v) is 7.88. The molecule has 5 heterocycles. The molecule has 10 heteroatoms. The highest BCUT2D eigenvalue weighted by Crippen LogP contribution is 2.55. The lowest BCUT2D eigenvalue weighted by molar-refractivity contribution is 0.00381. The molecule has 2 aliphatic heterocycles. The van der Waals surface area contributed by atoms with Gasteiger partial charge in [-0.15, -0.1) is 0 Å². The fraction of sp³-hybridized carbons (Fsp3) is 0.520. The molecule has 5 aliphatic rings. The molecular weight excluding hydrogens is 453 g/mol. The maximum Gasteiger partial charge on any atom is 0.274 e. The minimum absolute atomic E-state index is 0.00746. The normalized spacial score (nSPS) is 31.1. The number of fused-ring (bicyclic) bond motifs is 2. The van der Waals surface area contributed by atoms with Gasteiger partial charge < -0.3 is 19.4 Å². The lowest BCUT2D eigenvalue weighted by Gasteiger charge is -2.42. The van der Waals surface area contributed by atoms with Gasteiger partial charge in [0.25, 0.3) is 11.5 Å². The van der Waals surface area contributed by atoms with E-state index >= 15 is 0 Å². The van der Waals surface area contributed by atoms with Crippen molar-refractivity contribution in [3.8, 4) is 5.88 Å². The topological polar surface area (TPSA) is 100 Å². The largest absolute Gasteiger partial charge is 0.474 e. The number of hydrogen-bond acceptors (Lipinski definition) is 6. The predicted molar refractivity (Wildman–Crippen MR) is 125 cm³/mol. The van der Waals surface area contributed by atoms with Crippen LogP contribution in [0.15, 0.2) is 35.4 Å². The first kappa shape index (κ1) is 21.0. The number of hydrogen-bond donors (Lipinski definition) is 1. The molecule has 2 atom stereocenters. The van der Waals surface area contributed by atoms with Gasteiger partial charge in [-0.3, -0.25) is 14.3 Å². The molecule has 3 aromatic rings. The van der Waals surface area contributed by atoms with Crippen molar-refractivity contribution < 1.29 is 18.7 Å². The number of carbonyl (C=O) groups is 1. The highest BCUT2D eigenvalue weighted by atomic mass is 19.1. The van der Waals surface area contributed by atoms with Gasteiger partial charge in [0.1, 0.15) is 23.5 Å². The number of amides is 1. The number of carbonyl (C=O) groups excluding carboxylic acids is 1. The molecule has 3 aliphatic carbocycles. The Hall–Kier alpha value is -3.27. The summed E-state index contributed by atoms with van der Waals surface area (Å²) in [4.78, 5) is 30.8. The second kappa shape index (κ2) is 7.13. The van der Waals surface area contributed by atoms with Crippen LogP contribution in [0.25, 0.3) is 11.0 Å². The number of nitrogens with one attached hydrogen (secondary N) is 1. The van der Waals surface area contributed by atoms with E-state index in [1.54, 1.807) is 18.3 Å². The average molecular weight is 480 g/mol. The van der Waals surface area contributed by atoms with Gasteiger partial charge in [-0.05, 0) is 44.4 Å². The third-order valence-electron chi connectivity index (χ3n) is 7.88. The first-order valence-corrected chi connectivity index (χ1v) is 12.2. The Kier molecular flexibility index (Phi) is 4.29. The lowest BCUT2D eigenvalue weighted by atomic mass is 9.69. The lowest BCUT2D eigenvalue weighted by Crippen LogP contribution is -2.49. The zero-order chi connectivity index (χ0) is 23.9. The molecule has 3 saturated carbocycles. The number of rotatable bonds is 6. The molecule has 1 amide bonds. The second-order valence-corrected chi connectivity index (χ2v) is 10.7. The van der Waals surface area contributed by atoms with Gasteiger partial charge in [0, 0.05) is 37.0 Å². The van der Waals surface area contributed by atoms with Crippen LogP contribution in [0.1, 0.15) is 61.8 Å². The van der Waals surface area contributed by atoms with Crippen molar-refractivity contribution in [2.75, 3.05) is 11.9 Å². The van der Waals surface area contributed by atoms with E-state index in [0.29, 0.717) is 18.7 Å². The van der Waals surface area contributed by atoms with Crippen LogP contribution in [0.2, 0.25) is 0 Å². The van der Waals surface area contributed by atoms with Crippen molar-refractivity contribution >= 4 is 22.6 Å². The molecule has 182 valence electrons. The van der Waals surface area contributed by atoms with Gasteiger partial charge >= 0.3 is 0 Å². The summed E-state index contributed by atoms with van der Waals surface area (Å²) in [7, 11) is 0. The summed E-state index contributed by atoms with van der Waals surface area (Å²) in [6.45, 7) is 2.72. The molecule has 8 rings (SSSR count). The van der Waals surface area contributed by atoms with E-state index in [4.69, 9.17) is 14.6 Å². The van der Waals surface area contributed by atoms with Crippen molar-refractivity contribution in [3.05, 3.63) is 46.5 Å². The Balaban J connectivity index is 1.23. The Morgan fingerprint density at radius 1 is 1.34 bits per heavy atom. The molecule has 2 saturated heterocycles. The van der Waals surface area contributed by atoms with Crippen LogP contribution in [0.5, 0.6) is 5.88 Å². The summed E-state index contributed by atoms with van der Waals surface area (Å²) in [5.41, 5.74) is 0.169. The Bertz CT molecular complexity index is 1420. The second-order valence-electron chi connectivity index (χ2n) is 10.7. The summed E-state index contributed by atoms with van der Waals surface area (Å²) < 4.78 is 28.8. The van der Waals surface area contributed by atoms with Crippen LogP contribution in [0.3, 0.4) is 0 Å². The van der Waals surface area contributed by atoms with E-state index in [9.17, 15) is 14.0 Å². The van der Waals surface area contributed by atoms with E-state index in [2.05, 4.69) is 17.2 Å². The summed E-state index contributed by atoms with van der Waals surface area (Å²) in [5.74, 6) is -0.284. The van der Waals surface area contributed by atoms with Gasteiger partial charge in [0.15, 0.2) is 5.65 Å². The molecule has 0 radical (unpaired) electrons. The average Bonchev–Trinajstić information content (AvgIpc) is 3.10. The van der Waals surface area contributed by atoms with Crippen LogP contribution < -0.4 is 15.6 Å². The van der Waals surface area contributed by atoms with E-state index in [-0.39, 0.29) is 34.4 Å². The van der Waals surface area contributed by atoms with Crippen molar-refractivity contribution in [1.29, 1.82) is 0 Å². The molecule has 9 nitrogen and oxygen atoms in total. The van der Waals surface area contributed by atoms with Gasteiger partial charge in [-0.1, -0.05) is 0 Å². The van der Waals surface area contributed by atoms with Crippen LogP contribution >= 0.6 is 0 Å². The fourth-order valence-corrected chi connectivity index (χ4v) is 5.66. The Morgan fingerprint density at radius 2 is 2.14 bits per heavy atom. The molecule has 35 heavy (non-hydrogen) atoms. The zero-order valence-corrected chi connectivity index (χ0v) is 19.4. The summed E-state index contributed by atoms with van der Waals surface area (Å²) >= 11 is 0. The van der Waals surface area contributed by atoms with E-state index in [1.807, 2.05) is 10.9 Å². The molecule has 5 fully saturated rings. The van der Waals surface area contributed by atoms with E-state index in [1.165, 1.54) is 10.6 Å². The van der Waals surface area contributed by atoms with Gasteiger partial charge in [0.05, 0.1) is 23.8 Å². The molecule has 1 N–H and O–H groups in total. The predicted octanol–water partition coefficient (Wildman–Crippen LogP) is 3.34.